The van der Waals surface area contributed by atoms with E-state index < -0.39 is 0 Å². The van der Waals surface area contributed by atoms with Gasteiger partial charge in [0.2, 0.25) is 0 Å². The zero-order chi connectivity index (χ0) is 18.9. The summed E-state index contributed by atoms with van der Waals surface area (Å²) in [5, 5.41) is 4.50. The topological polar surface area (TPSA) is 31.0 Å². The maximum absolute atomic E-state index is 6.13. The number of morpholine rings is 1. The van der Waals surface area contributed by atoms with Crippen LogP contribution in [-0.4, -0.2) is 66.8 Å². The molecule has 0 spiro atoms. The highest BCUT2D eigenvalue weighted by molar-refractivity contribution is 6.30. The van der Waals surface area contributed by atoms with Gasteiger partial charge in [-0.05, 0) is 42.7 Å². The second kappa shape index (κ2) is 7.82. The fourth-order valence-electron chi connectivity index (χ4n) is 4.43. The van der Waals surface area contributed by atoms with E-state index in [1.807, 2.05) is 12.1 Å². The van der Waals surface area contributed by atoms with Crippen molar-refractivity contribution in [2.24, 2.45) is 0 Å². The highest BCUT2D eigenvalue weighted by Gasteiger charge is 2.33. The van der Waals surface area contributed by atoms with Gasteiger partial charge in [-0.2, -0.15) is 0 Å². The van der Waals surface area contributed by atoms with Crippen molar-refractivity contribution in [2.75, 3.05) is 45.9 Å². The molecule has 0 bridgehead atoms. The molecule has 0 aromatic heterocycles. The van der Waals surface area contributed by atoms with Crippen LogP contribution in [0.5, 0.6) is 0 Å². The van der Waals surface area contributed by atoms with Crippen LogP contribution >= 0.6 is 11.6 Å². The number of hydrogen-bond acceptors (Lipinski definition) is 5. The maximum Gasteiger partial charge on any atom is 0.123 e. The van der Waals surface area contributed by atoms with E-state index in [2.05, 4.69) is 50.5 Å². The van der Waals surface area contributed by atoms with Gasteiger partial charge in [0.25, 0.3) is 0 Å². The van der Waals surface area contributed by atoms with Gasteiger partial charge in [0.1, 0.15) is 6.17 Å². The molecule has 4 aliphatic rings. The van der Waals surface area contributed by atoms with Crippen LogP contribution in [0.25, 0.3) is 5.70 Å². The van der Waals surface area contributed by atoms with Gasteiger partial charge in [0, 0.05) is 43.9 Å². The van der Waals surface area contributed by atoms with Gasteiger partial charge >= 0.3 is 0 Å². The van der Waals surface area contributed by atoms with Gasteiger partial charge < -0.3 is 19.9 Å². The zero-order valence-corrected chi connectivity index (χ0v) is 16.9. The fourth-order valence-corrected chi connectivity index (χ4v) is 4.56. The van der Waals surface area contributed by atoms with Crippen molar-refractivity contribution in [1.29, 1.82) is 0 Å². The van der Waals surface area contributed by atoms with Crippen LogP contribution in [0.2, 0.25) is 5.02 Å². The molecule has 5 rings (SSSR count). The van der Waals surface area contributed by atoms with Crippen molar-refractivity contribution in [1.82, 2.24) is 20.0 Å². The molecule has 1 unspecified atom stereocenters. The molecule has 6 heteroatoms. The van der Waals surface area contributed by atoms with Crippen LogP contribution in [-0.2, 0) is 4.74 Å². The third kappa shape index (κ3) is 3.54. The molecule has 4 heterocycles. The van der Waals surface area contributed by atoms with Gasteiger partial charge in [-0.3, -0.25) is 4.90 Å². The molecule has 1 aromatic carbocycles. The van der Waals surface area contributed by atoms with Crippen molar-refractivity contribution < 1.29 is 4.74 Å². The smallest absolute Gasteiger partial charge is 0.123 e. The Balaban J connectivity index is 1.48. The number of likely N-dealkylation sites (tertiary alicyclic amines) is 1. The molecule has 1 atom stereocenters. The van der Waals surface area contributed by atoms with Crippen LogP contribution in [0.3, 0.4) is 0 Å². The lowest BCUT2D eigenvalue weighted by Crippen LogP contribution is -2.41. The van der Waals surface area contributed by atoms with E-state index in [9.17, 15) is 0 Å². The normalized spacial score (nSPS) is 25.2. The van der Waals surface area contributed by atoms with Crippen LogP contribution < -0.4 is 5.32 Å². The number of fused-ring (bicyclic) bond motifs is 1. The van der Waals surface area contributed by atoms with E-state index in [4.69, 9.17) is 16.3 Å². The first-order chi connectivity index (χ1) is 13.8. The first kappa shape index (κ1) is 18.1. The van der Waals surface area contributed by atoms with E-state index in [1.54, 1.807) is 0 Å². The summed E-state index contributed by atoms with van der Waals surface area (Å²) in [6, 6.07) is 8.15. The van der Waals surface area contributed by atoms with Crippen molar-refractivity contribution in [3.8, 4) is 0 Å². The number of halogens is 1. The minimum atomic E-state index is 0.174. The minimum Gasteiger partial charge on any atom is -0.379 e. The molecule has 5 nitrogen and oxygen atoms in total. The molecule has 1 N–H and O–H groups in total. The average Bonchev–Trinajstić information content (AvgIpc) is 3.38. The molecule has 2 saturated heterocycles. The predicted octanol–water partition coefficient (Wildman–Crippen LogP) is 3.08. The molecular weight excluding hydrogens is 372 g/mol. The highest BCUT2D eigenvalue weighted by atomic mass is 35.5. The Hall–Kier alpha value is -1.95. The Morgan fingerprint density at radius 1 is 1.04 bits per heavy atom. The standard InChI is InChI=1S/C22H27ClN4O/c23-18-5-3-17(4-6-18)22-20(16-25-11-13-28-14-12-25)27-15-19(7-8-21(27)24-22)26-9-1-2-10-26/h3-8,15,21,24H,1-2,9-14,16H2. The summed E-state index contributed by atoms with van der Waals surface area (Å²) in [6.45, 7) is 6.83. The quantitative estimate of drug-likeness (QED) is 0.842. The Morgan fingerprint density at radius 3 is 2.54 bits per heavy atom. The van der Waals surface area contributed by atoms with E-state index in [-0.39, 0.29) is 6.17 Å². The van der Waals surface area contributed by atoms with E-state index in [1.165, 1.54) is 35.5 Å². The summed E-state index contributed by atoms with van der Waals surface area (Å²) in [6.07, 6.45) is 9.65. The summed E-state index contributed by atoms with van der Waals surface area (Å²) in [5.41, 5.74) is 5.05. The maximum atomic E-state index is 6.13. The SMILES string of the molecule is Clc1ccc(C2=C(CN3CCOCC3)N3C=C(N4CCCC4)C=CC3N2)cc1. The first-order valence-electron chi connectivity index (χ1n) is 10.3. The molecule has 0 radical (unpaired) electrons. The average molecular weight is 399 g/mol. The lowest BCUT2D eigenvalue weighted by Gasteiger charge is -2.33. The Bertz CT molecular complexity index is 804. The van der Waals surface area contributed by atoms with Crippen molar-refractivity contribution in [2.45, 2.75) is 19.0 Å². The number of allylic oxidation sites excluding steroid dienone is 1. The van der Waals surface area contributed by atoms with E-state index in [0.29, 0.717) is 0 Å². The molecular formula is C22H27ClN4O. The highest BCUT2D eigenvalue weighted by Crippen LogP contribution is 2.33. The van der Waals surface area contributed by atoms with Crippen molar-refractivity contribution in [3.05, 3.63) is 64.6 Å². The number of nitrogens with one attached hydrogen (secondary N) is 1. The van der Waals surface area contributed by atoms with Gasteiger partial charge in [-0.25, -0.2) is 0 Å². The minimum absolute atomic E-state index is 0.174. The summed E-state index contributed by atoms with van der Waals surface area (Å²) in [5.74, 6) is 0. The van der Waals surface area contributed by atoms with E-state index in [0.717, 1.165) is 51.0 Å². The molecule has 4 aliphatic heterocycles. The molecule has 28 heavy (non-hydrogen) atoms. The molecule has 0 aliphatic carbocycles. The molecule has 0 saturated carbocycles. The number of nitrogens with zero attached hydrogens (tertiary/aromatic N) is 3. The number of hydrogen-bond donors (Lipinski definition) is 1. The Kier molecular flexibility index (Phi) is 5.05. The molecule has 0 amide bonds. The third-order valence-corrected chi connectivity index (χ3v) is 6.25. The number of rotatable bonds is 4. The van der Waals surface area contributed by atoms with Crippen molar-refractivity contribution in [3.63, 3.8) is 0 Å². The van der Waals surface area contributed by atoms with Gasteiger partial charge in [0.15, 0.2) is 0 Å². The van der Waals surface area contributed by atoms with Crippen LogP contribution in [0.15, 0.2) is 54.0 Å². The lowest BCUT2D eigenvalue weighted by atomic mass is 10.1. The second-order valence-electron chi connectivity index (χ2n) is 7.82. The number of ether oxygens (including phenoxy) is 1. The van der Waals surface area contributed by atoms with Crippen molar-refractivity contribution >= 4 is 17.3 Å². The van der Waals surface area contributed by atoms with Gasteiger partial charge in [0.05, 0.1) is 30.3 Å². The Labute approximate surface area is 171 Å². The van der Waals surface area contributed by atoms with Gasteiger partial charge in [-0.1, -0.05) is 23.7 Å². The van der Waals surface area contributed by atoms with E-state index >= 15 is 0 Å². The summed E-state index contributed by atoms with van der Waals surface area (Å²) >= 11 is 6.13. The third-order valence-electron chi connectivity index (χ3n) is 5.99. The largest absolute Gasteiger partial charge is 0.379 e. The summed E-state index contributed by atoms with van der Waals surface area (Å²) in [4.78, 5) is 7.41. The second-order valence-corrected chi connectivity index (χ2v) is 8.26. The fraction of sp³-hybridized carbons (Fsp3) is 0.455. The summed E-state index contributed by atoms with van der Waals surface area (Å²) < 4.78 is 5.55. The van der Waals surface area contributed by atoms with Gasteiger partial charge in [-0.15, -0.1) is 0 Å². The monoisotopic (exact) mass is 398 g/mol. The Morgan fingerprint density at radius 2 is 1.79 bits per heavy atom. The zero-order valence-electron chi connectivity index (χ0n) is 16.1. The number of benzene rings is 1. The molecule has 2 fully saturated rings. The molecule has 148 valence electrons. The summed E-state index contributed by atoms with van der Waals surface area (Å²) in [7, 11) is 0. The van der Waals surface area contributed by atoms with Crippen LogP contribution in [0.4, 0.5) is 0 Å². The lowest BCUT2D eigenvalue weighted by molar-refractivity contribution is 0.0400. The predicted molar refractivity (Wildman–Crippen MR) is 112 cm³/mol. The first-order valence-corrected chi connectivity index (χ1v) is 10.6. The van der Waals surface area contributed by atoms with Crippen LogP contribution in [0.1, 0.15) is 18.4 Å². The molecule has 1 aromatic rings. The van der Waals surface area contributed by atoms with Crippen LogP contribution in [0, 0.1) is 0 Å².